The van der Waals surface area contributed by atoms with E-state index < -0.39 is 38.6 Å². The summed E-state index contributed by atoms with van der Waals surface area (Å²) < 4.78 is 45.6. The molecule has 1 aliphatic rings. The van der Waals surface area contributed by atoms with Gasteiger partial charge in [0.05, 0.1) is 7.11 Å². The van der Waals surface area contributed by atoms with Crippen LogP contribution >= 0.6 is 0 Å². The van der Waals surface area contributed by atoms with Crippen LogP contribution in [0.3, 0.4) is 0 Å². The standard InChI is InChI=1S/C19H20FN3O5S/c1-28-14-10-8-13(9-11-14)18(24)21-22-19(25)16-6-4-12-23(16)29(26,27)17-7-3-2-5-15(17)20/h2-3,5,7-11,16H,4,6,12H2,1H3,(H,21,24)(H,22,25). The molecule has 154 valence electrons. The zero-order chi connectivity index (χ0) is 21.0. The van der Waals surface area contributed by atoms with E-state index in [-0.39, 0.29) is 18.5 Å². The summed E-state index contributed by atoms with van der Waals surface area (Å²) in [5, 5.41) is 0. The van der Waals surface area contributed by atoms with Gasteiger partial charge >= 0.3 is 0 Å². The SMILES string of the molecule is COc1ccc(C(=O)NNC(=O)C2CCCN2S(=O)(=O)c2ccccc2F)cc1. The van der Waals surface area contributed by atoms with Crippen LogP contribution < -0.4 is 15.6 Å². The van der Waals surface area contributed by atoms with Crippen molar-refractivity contribution < 1.29 is 27.1 Å². The van der Waals surface area contributed by atoms with Crippen molar-refractivity contribution in [3.05, 3.63) is 59.9 Å². The summed E-state index contributed by atoms with van der Waals surface area (Å²) in [6.07, 6.45) is 0.704. The van der Waals surface area contributed by atoms with Crippen LogP contribution in [0, 0.1) is 5.82 Å². The van der Waals surface area contributed by atoms with E-state index in [4.69, 9.17) is 4.74 Å². The number of carbonyl (C=O) groups is 2. The molecule has 0 bridgehead atoms. The number of halogens is 1. The average Bonchev–Trinajstić information content (AvgIpc) is 3.23. The number of nitrogens with one attached hydrogen (secondary N) is 2. The third-order valence-corrected chi connectivity index (χ3v) is 6.52. The number of sulfonamides is 1. The smallest absolute Gasteiger partial charge is 0.269 e. The lowest BCUT2D eigenvalue weighted by molar-refractivity contribution is -0.125. The minimum atomic E-state index is -4.19. The van der Waals surface area contributed by atoms with Crippen molar-refractivity contribution in [2.24, 2.45) is 0 Å². The second-order valence-corrected chi connectivity index (χ2v) is 8.24. The lowest BCUT2D eigenvalue weighted by Crippen LogP contribution is -2.51. The summed E-state index contributed by atoms with van der Waals surface area (Å²) in [5.74, 6) is -1.57. The summed E-state index contributed by atoms with van der Waals surface area (Å²) in [4.78, 5) is 24.2. The molecule has 1 heterocycles. The number of benzene rings is 2. The van der Waals surface area contributed by atoms with Crippen molar-refractivity contribution in [3.8, 4) is 5.75 Å². The largest absolute Gasteiger partial charge is 0.497 e. The molecule has 1 atom stereocenters. The lowest BCUT2D eigenvalue weighted by atomic mass is 10.2. The van der Waals surface area contributed by atoms with E-state index in [9.17, 15) is 22.4 Å². The zero-order valence-corrected chi connectivity index (χ0v) is 16.4. The van der Waals surface area contributed by atoms with Gasteiger partial charge in [-0.15, -0.1) is 0 Å². The van der Waals surface area contributed by atoms with Gasteiger partial charge < -0.3 is 4.74 Å². The number of rotatable bonds is 5. The van der Waals surface area contributed by atoms with Crippen molar-refractivity contribution in [1.82, 2.24) is 15.2 Å². The van der Waals surface area contributed by atoms with Gasteiger partial charge in [0.1, 0.15) is 22.5 Å². The van der Waals surface area contributed by atoms with Crippen LogP contribution in [-0.4, -0.2) is 44.2 Å². The molecule has 1 fully saturated rings. The maximum Gasteiger partial charge on any atom is 0.269 e. The molecule has 1 saturated heterocycles. The number of hydrazine groups is 1. The number of amides is 2. The minimum absolute atomic E-state index is 0.0845. The third kappa shape index (κ3) is 4.38. The van der Waals surface area contributed by atoms with Crippen LogP contribution in [0.4, 0.5) is 4.39 Å². The second kappa shape index (κ2) is 8.58. The fourth-order valence-electron chi connectivity index (χ4n) is 3.09. The Morgan fingerprint density at radius 2 is 1.79 bits per heavy atom. The summed E-state index contributed by atoms with van der Waals surface area (Å²) in [5.41, 5.74) is 4.80. The van der Waals surface area contributed by atoms with E-state index in [0.29, 0.717) is 12.2 Å². The number of nitrogens with zero attached hydrogens (tertiary/aromatic N) is 1. The molecular formula is C19H20FN3O5S. The first-order valence-corrected chi connectivity index (χ1v) is 10.3. The van der Waals surface area contributed by atoms with Crippen LogP contribution in [0.2, 0.25) is 0 Å². The van der Waals surface area contributed by atoms with Gasteiger partial charge in [-0.1, -0.05) is 12.1 Å². The molecule has 3 rings (SSSR count). The molecule has 10 heteroatoms. The van der Waals surface area contributed by atoms with Gasteiger partial charge in [0.25, 0.3) is 11.8 Å². The Morgan fingerprint density at radius 1 is 1.10 bits per heavy atom. The van der Waals surface area contributed by atoms with Gasteiger partial charge in [-0.2, -0.15) is 4.31 Å². The highest BCUT2D eigenvalue weighted by Crippen LogP contribution is 2.27. The Kier molecular flexibility index (Phi) is 6.14. The first-order chi connectivity index (χ1) is 13.8. The zero-order valence-electron chi connectivity index (χ0n) is 15.6. The highest BCUT2D eigenvalue weighted by atomic mass is 32.2. The first-order valence-electron chi connectivity index (χ1n) is 8.85. The highest BCUT2D eigenvalue weighted by Gasteiger charge is 2.40. The van der Waals surface area contributed by atoms with Gasteiger partial charge in [-0.05, 0) is 49.2 Å². The second-order valence-electron chi connectivity index (χ2n) is 6.38. The number of hydrogen-bond donors (Lipinski definition) is 2. The molecule has 29 heavy (non-hydrogen) atoms. The van der Waals surface area contributed by atoms with E-state index in [1.165, 1.54) is 31.4 Å². The van der Waals surface area contributed by atoms with Crippen LogP contribution in [0.15, 0.2) is 53.4 Å². The molecule has 0 radical (unpaired) electrons. The molecule has 2 aromatic carbocycles. The van der Waals surface area contributed by atoms with E-state index in [2.05, 4.69) is 10.9 Å². The molecule has 2 aromatic rings. The van der Waals surface area contributed by atoms with E-state index in [1.54, 1.807) is 12.1 Å². The summed E-state index contributed by atoms with van der Waals surface area (Å²) in [7, 11) is -2.69. The Balaban J connectivity index is 1.68. The molecule has 0 aromatic heterocycles. The summed E-state index contributed by atoms with van der Waals surface area (Å²) in [6, 6.07) is 10.2. The first kappa shape index (κ1) is 20.7. The average molecular weight is 421 g/mol. The van der Waals surface area contributed by atoms with Gasteiger partial charge in [-0.3, -0.25) is 20.4 Å². The Hall–Kier alpha value is -2.98. The number of methoxy groups -OCH3 is 1. The van der Waals surface area contributed by atoms with Crippen LogP contribution in [0.25, 0.3) is 0 Å². The molecule has 8 nitrogen and oxygen atoms in total. The molecule has 0 saturated carbocycles. The maximum absolute atomic E-state index is 14.0. The molecular weight excluding hydrogens is 401 g/mol. The molecule has 2 N–H and O–H groups in total. The van der Waals surface area contributed by atoms with Crippen molar-refractivity contribution in [2.45, 2.75) is 23.8 Å². The van der Waals surface area contributed by atoms with Crippen molar-refractivity contribution in [1.29, 1.82) is 0 Å². The molecule has 0 spiro atoms. The van der Waals surface area contributed by atoms with Crippen molar-refractivity contribution >= 4 is 21.8 Å². The minimum Gasteiger partial charge on any atom is -0.497 e. The quantitative estimate of drug-likeness (QED) is 0.711. The molecule has 1 aliphatic heterocycles. The van der Waals surface area contributed by atoms with Crippen molar-refractivity contribution in [3.63, 3.8) is 0 Å². The molecule has 2 amide bonds. The monoisotopic (exact) mass is 421 g/mol. The Bertz CT molecular complexity index is 1010. The number of carbonyl (C=O) groups excluding carboxylic acids is 2. The van der Waals surface area contributed by atoms with Crippen LogP contribution in [0.5, 0.6) is 5.75 Å². The molecule has 1 unspecified atom stereocenters. The lowest BCUT2D eigenvalue weighted by Gasteiger charge is -2.23. The summed E-state index contributed by atoms with van der Waals surface area (Å²) >= 11 is 0. The Labute approximate surface area is 167 Å². The Morgan fingerprint density at radius 3 is 2.45 bits per heavy atom. The fourth-order valence-corrected chi connectivity index (χ4v) is 4.81. The predicted molar refractivity (Wildman–Crippen MR) is 102 cm³/mol. The van der Waals surface area contributed by atoms with Gasteiger partial charge in [-0.25, -0.2) is 12.8 Å². The van der Waals surface area contributed by atoms with E-state index in [1.807, 2.05) is 0 Å². The number of hydrogen-bond acceptors (Lipinski definition) is 5. The van der Waals surface area contributed by atoms with Gasteiger partial charge in [0.15, 0.2) is 0 Å². The topological polar surface area (TPSA) is 105 Å². The fraction of sp³-hybridized carbons (Fsp3) is 0.263. The maximum atomic E-state index is 14.0. The number of ether oxygens (including phenoxy) is 1. The third-order valence-electron chi connectivity index (χ3n) is 4.58. The normalized spacial score (nSPS) is 17.0. The summed E-state index contributed by atoms with van der Waals surface area (Å²) in [6.45, 7) is 0.0845. The van der Waals surface area contributed by atoms with Crippen LogP contribution in [0.1, 0.15) is 23.2 Å². The predicted octanol–water partition coefficient (Wildman–Crippen LogP) is 1.45. The van der Waals surface area contributed by atoms with Gasteiger partial charge in [0.2, 0.25) is 10.0 Å². The van der Waals surface area contributed by atoms with Crippen molar-refractivity contribution in [2.75, 3.05) is 13.7 Å². The van der Waals surface area contributed by atoms with E-state index in [0.717, 1.165) is 16.4 Å². The van der Waals surface area contributed by atoms with E-state index >= 15 is 0 Å². The van der Waals surface area contributed by atoms with Crippen LogP contribution in [-0.2, 0) is 14.8 Å². The van der Waals surface area contributed by atoms with Gasteiger partial charge in [0, 0.05) is 12.1 Å². The molecule has 0 aliphatic carbocycles. The highest BCUT2D eigenvalue weighted by molar-refractivity contribution is 7.89.